The molecule has 0 bridgehead atoms. The van der Waals surface area contributed by atoms with Crippen LogP contribution in [0.2, 0.25) is 10.0 Å². The number of carbonyl (C=O) groups is 2. The summed E-state index contributed by atoms with van der Waals surface area (Å²) in [6.07, 6.45) is 2.74. The second-order valence-electron chi connectivity index (χ2n) is 7.92. The van der Waals surface area contributed by atoms with Crippen molar-refractivity contribution in [3.05, 3.63) is 69.2 Å². The Balaban J connectivity index is 2.17. The van der Waals surface area contributed by atoms with Gasteiger partial charge in [-0.05, 0) is 61.9 Å². The molecule has 0 saturated heterocycles. The molecular weight excluding hydrogens is 431 g/mol. The lowest BCUT2D eigenvalue weighted by molar-refractivity contribution is -0.140. The third-order valence-corrected chi connectivity index (χ3v) is 6.17. The topological polar surface area (TPSA) is 49.4 Å². The maximum atomic E-state index is 13.2. The second-order valence-corrected chi connectivity index (χ2v) is 8.76. The van der Waals surface area contributed by atoms with Gasteiger partial charge in [0.25, 0.3) is 0 Å². The molecule has 2 aromatic rings. The van der Waals surface area contributed by atoms with Gasteiger partial charge in [0.05, 0.1) is 0 Å². The lowest BCUT2D eigenvalue weighted by atomic mass is 10.0. The van der Waals surface area contributed by atoms with E-state index >= 15 is 0 Å². The summed E-state index contributed by atoms with van der Waals surface area (Å²) < 4.78 is 0. The first-order valence-electron chi connectivity index (χ1n) is 10.9. The van der Waals surface area contributed by atoms with Gasteiger partial charge in [0.1, 0.15) is 6.04 Å². The molecule has 2 aromatic carbocycles. The molecule has 2 amide bonds. The third-order valence-electron chi connectivity index (χ3n) is 5.58. The Kier molecular flexibility index (Phi) is 9.86. The summed E-state index contributed by atoms with van der Waals surface area (Å²) in [7, 11) is 0. The Morgan fingerprint density at radius 3 is 2.23 bits per heavy atom. The van der Waals surface area contributed by atoms with Crippen molar-refractivity contribution in [3.8, 4) is 0 Å². The van der Waals surface area contributed by atoms with Crippen LogP contribution in [0, 0.1) is 0 Å². The molecular formula is C25H32Cl2N2O2. The van der Waals surface area contributed by atoms with Gasteiger partial charge < -0.3 is 10.2 Å². The number of nitrogens with zero attached hydrogens (tertiary/aromatic N) is 1. The van der Waals surface area contributed by atoms with Gasteiger partial charge in [-0.3, -0.25) is 9.59 Å². The fourth-order valence-electron chi connectivity index (χ4n) is 3.22. The molecule has 0 aromatic heterocycles. The molecule has 168 valence electrons. The molecule has 0 aliphatic heterocycles. The van der Waals surface area contributed by atoms with Gasteiger partial charge in [0.2, 0.25) is 11.8 Å². The van der Waals surface area contributed by atoms with Gasteiger partial charge >= 0.3 is 0 Å². The highest BCUT2D eigenvalue weighted by atomic mass is 35.5. The Bertz CT molecular complexity index is 884. The molecule has 0 fully saturated rings. The Morgan fingerprint density at radius 1 is 1.00 bits per heavy atom. The molecule has 0 aliphatic carbocycles. The van der Waals surface area contributed by atoms with Crippen molar-refractivity contribution >= 4 is 35.0 Å². The molecule has 2 atom stereocenters. The number of halogens is 2. The minimum Gasteiger partial charge on any atom is -0.352 e. The van der Waals surface area contributed by atoms with Crippen LogP contribution in [0.15, 0.2) is 42.5 Å². The molecule has 0 unspecified atom stereocenters. The second kappa shape index (κ2) is 12.1. The van der Waals surface area contributed by atoms with E-state index < -0.39 is 6.04 Å². The summed E-state index contributed by atoms with van der Waals surface area (Å²) in [5.74, 6) is -0.252. The molecule has 0 radical (unpaired) electrons. The smallest absolute Gasteiger partial charge is 0.242 e. The lowest BCUT2D eigenvalue weighted by Crippen LogP contribution is -2.49. The number of benzene rings is 2. The van der Waals surface area contributed by atoms with Crippen molar-refractivity contribution in [3.63, 3.8) is 0 Å². The van der Waals surface area contributed by atoms with Crippen LogP contribution < -0.4 is 5.32 Å². The van der Waals surface area contributed by atoms with Crippen LogP contribution in [0.3, 0.4) is 0 Å². The van der Waals surface area contributed by atoms with E-state index in [1.807, 2.05) is 13.8 Å². The van der Waals surface area contributed by atoms with Gasteiger partial charge in [0, 0.05) is 29.1 Å². The van der Waals surface area contributed by atoms with Gasteiger partial charge in [-0.15, -0.1) is 0 Å². The first-order chi connectivity index (χ1) is 14.7. The quantitative estimate of drug-likeness (QED) is 0.483. The molecule has 6 heteroatoms. The highest BCUT2D eigenvalue weighted by Gasteiger charge is 2.27. The average molecular weight is 463 g/mol. The highest BCUT2D eigenvalue weighted by Crippen LogP contribution is 2.24. The molecule has 0 aliphatic rings. The van der Waals surface area contributed by atoms with Gasteiger partial charge in [-0.1, -0.05) is 67.4 Å². The van der Waals surface area contributed by atoms with E-state index in [1.54, 1.807) is 30.0 Å². The summed E-state index contributed by atoms with van der Waals surface area (Å²) in [6.45, 7) is 8.08. The van der Waals surface area contributed by atoms with Gasteiger partial charge in [-0.25, -0.2) is 0 Å². The minimum absolute atomic E-state index is 0.0445. The number of amides is 2. The van der Waals surface area contributed by atoms with Crippen molar-refractivity contribution in [2.24, 2.45) is 0 Å². The van der Waals surface area contributed by atoms with Crippen LogP contribution in [0.25, 0.3) is 0 Å². The first-order valence-corrected chi connectivity index (χ1v) is 11.6. The van der Waals surface area contributed by atoms with Crippen molar-refractivity contribution in [2.75, 3.05) is 0 Å². The first kappa shape index (κ1) is 25.2. The highest BCUT2D eigenvalue weighted by molar-refractivity contribution is 6.35. The minimum atomic E-state index is -0.615. The van der Waals surface area contributed by atoms with E-state index in [0.717, 1.165) is 24.0 Å². The summed E-state index contributed by atoms with van der Waals surface area (Å²) in [6, 6.07) is 12.9. The zero-order chi connectivity index (χ0) is 23.0. The number of aryl methyl sites for hydroxylation is 2. The number of carbonyl (C=O) groups excluding carboxylic acids is 2. The maximum Gasteiger partial charge on any atom is 0.242 e. The monoisotopic (exact) mass is 462 g/mol. The van der Waals surface area contributed by atoms with E-state index in [-0.39, 0.29) is 24.4 Å². The zero-order valence-electron chi connectivity index (χ0n) is 18.8. The number of hydrogen-bond donors (Lipinski definition) is 1. The third kappa shape index (κ3) is 7.55. The Labute approximate surface area is 195 Å². The Hall–Kier alpha value is -2.04. The average Bonchev–Trinajstić information content (AvgIpc) is 2.76. The molecule has 0 spiro atoms. The van der Waals surface area contributed by atoms with Crippen molar-refractivity contribution in [2.45, 2.75) is 72.0 Å². The number of hydrogen-bond acceptors (Lipinski definition) is 2. The molecule has 0 saturated carbocycles. The molecule has 2 rings (SSSR count). The van der Waals surface area contributed by atoms with Crippen molar-refractivity contribution < 1.29 is 9.59 Å². The van der Waals surface area contributed by atoms with E-state index in [0.29, 0.717) is 22.9 Å². The summed E-state index contributed by atoms with van der Waals surface area (Å²) in [5, 5.41) is 3.99. The van der Waals surface area contributed by atoms with E-state index in [9.17, 15) is 9.59 Å². The summed E-state index contributed by atoms with van der Waals surface area (Å²) in [5.41, 5.74) is 3.13. The molecule has 0 heterocycles. The van der Waals surface area contributed by atoms with Crippen LogP contribution in [0.1, 0.15) is 57.2 Å². The number of rotatable bonds is 10. The van der Waals surface area contributed by atoms with Crippen molar-refractivity contribution in [1.82, 2.24) is 10.2 Å². The lowest BCUT2D eigenvalue weighted by Gasteiger charge is -2.30. The van der Waals surface area contributed by atoms with E-state index in [1.165, 1.54) is 5.56 Å². The van der Waals surface area contributed by atoms with E-state index in [2.05, 4.69) is 36.5 Å². The SMILES string of the molecule is CCc1ccc(CCC(=O)N(Cc2ccc(Cl)cc2Cl)[C@@H](C)C(=O)N[C@@H](C)CC)cc1. The number of nitrogens with one attached hydrogen (secondary N) is 1. The van der Waals surface area contributed by atoms with Crippen molar-refractivity contribution in [1.29, 1.82) is 0 Å². The standard InChI is InChI=1S/C25H32Cl2N2O2/c1-5-17(3)28-25(31)18(4)29(16-21-12-13-22(26)15-23(21)27)24(30)14-11-20-9-7-19(6-2)8-10-20/h7-10,12-13,15,17-18H,5-6,11,14,16H2,1-4H3,(H,28,31)/t17-,18-/m0/s1. The van der Waals surface area contributed by atoms with Crippen LogP contribution in [0.4, 0.5) is 0 Å². The maximum absolute atomic E-state index is 13.2. The van der Waals surface area contributed by atoms with Crippen LogP contribution in [-0.2, 0) is 29.0 Å². The fourth-order valence-corrected chi connectivity index (χ4v) is 3.69. The molecule has 31 heavy (non-hydrogen) atoms. The van der Waals surface area contributed by atoms with Crippen LogP contribution in [-0.4, -0.2) is 28.8 Å². The van der Waals surface area contributed by atoms with E-state index in [4.69, 9.17) is 23.2 Å². The normalized spacial score (nSPS) is 12.8. The predicted octanol–water partition coefficient (Wildman–Crippen LogP) is 5.82. The molecule has 1 N–H and O–H groups in total. The largest absolute Gasteiger partial charge is 0.352 e. The fraction of sp³-hybridized carbons (Fsp3) is 0.440. The van der Waals surface area contributed by atoms with Crippen LogP contribution >= 0.6 is 23.2 Å². The summed E-state index contributed by atoms with van der Waals surface area (Å²) in [4.78, 5) is 27.6. The predicted molar refractivity (Wildman–Crippen MR) is 129 cm³/mol. The summed E-state index contributed by atoms with van der Waals surface area (Å²) >= 11 is 12.4. The van der Waals surface area contributed by atoms with Gasteiger partial charge in [0.15, 0.2) is 0 Å². The van der Waals surface area contributed by atoms with Gasteiger partial charge in [-0.2, -0.15) is 0 Å². The van der Waals surface area contributed by atoms with Crippen LogP contribution in [0.5, 0.6) is 0 Å². The zero-order valence-corrected chi connectivity index (χ0v) is 20.3. The molecule has 4 nitrogen and oxygen atoms in total. The Morgan fingerprint density at radius 2 is 1.65 bits per heavy atom.